The number of hydrogen-bond acceptors (Lipinski definition) is 3. The Bertz CT molecular complexity index is 622. The molecular formula is C16H22ClN3O. The van der Waals surface area contributed by atoms with Crippen molar-refractivity contribution >= 4 is 11.6 Å². The largest absolute Gasteiger partial charge is 0.493 e. The molecule has 1 heterocycles. The van der Waals surface area contributed by atoms with Gasteiger partial charge in [0.1, 0.15) is 5.75 Å². The summed E-state index contributed by atoms with van der Waals surface area (Å²) in [5.41, 5.74) is 4.35. The lowest BCUT2D eigenvalue weighted by Gasteiger charge is -2.17. The first kappa shape index (κ1) is 15.8. The summed E-state index contributed by atoms with van der Waals surface area (Å²) in [6, 6.07) is 1.98. The number of ether oxygens (including phenoxy) is 1. The first-order valence-electron chi connectivity index (χ1n) is 7.29. The highest BCUT2D eigenvalue weighted by molar-refractivity contribution is 6.31. The van der Waals surface area contributed by atoms with Gasteiger partial charge in [-0.1, -0.05) is 23.7 Å². The van der Waals surface area contributed by atoms with Crippen LogP contribution in [0, 0.1) is 13.8 Å². The Kier molecular flexibility index (Phi) is 5.23. The predicted octanol–water partition coefficient (Wildman–Crippen LogP) is 3.66. The van der Waals surface area contributed by atoms with Gasteiger partial charge in [0.2, 0.25) is 0 Å². The molecule has 0 saturated heterocycles. The molecule has 1 aromatic heterocycles. The molecule has 0 amide bonds. The molecule has 0 unspecified atom stereocenters. The minimum absolute atomic E-state index is 0.722. The van der Waals surface area contributed by atoms with E-state index >= 15 is 0 Å². The molecule has 0 aliphatic rings. The second-order valence-electron chi connectivity index (χ2n) is 5.34. The second kappa shape index (κ2) is 6.94. The van der Waals surface area contributed by atoms with Gasteiger partial charge in [-0.2, -0.15) is 0 Å². The van der Waals surface area contributed by atoms with Gasteiger partial charge >= 0.3 is 0 Å². The fraction of sp³-hybridized carbons (Fsp3) is 0.500. The van der Waals surface area contributed by atoms with Crippen molar-refractivity contribution < 1.29 is 4.74 Å². The molecule has 0 N–H and O–H groups in total. The van der Waals surface area contributed by atoms with Crippen LogP contribution in [0.2, 0.25) is 5.02 Å². The number of rotatable bonds is 6. The Balaban J connectivity index is 2.26. The van der Waals surface area contributed by atoms with Crippen LogP contribution >= 0.6 is 11.6 Å². The third-order valence-electron chi connectivity index (χ3n) is 3.52. The Morgan fingerprint density at radius 1 is 1.29 bits per heavy atom. The van der Waals surface area contributed by atoms with Gasteiger partial charge in [0, 0.05) is 18.3 Å². The van der Waals surface area contributed by atoms with Gasteiger partial charge in [0.05, 0.1) is 12.3 Å². The summed E-state index contributed by atoms with van der Waals surface area (Å²) in [6.07, 6.45) is 4.62. The lowest BCUT2D eigenvalue weighted by molar-refractivity contribution is 0.311. The molecule has 2 rings (SSSR count). The van der Waals surface area contributed by atoms with E-state index in [-0.39, 0.29) is 0 Å². The van der Waals surface area contributed by atoms with Gasteiger partial charge in [-0.05, 0) is 55.9 Å². The number of aromatic nitrogens is 3. The van der Waals surface area contributed by atoms with Gasteiger partial charge < -0.3 is 4.74 Å². The summed E-state index contributed by atoms with van der Waals surface area (Å²) >= 11 is 6.32. The Morgan fingerprint density at radius 3 is 2.67 bits per heavy atom. The second-order valence-corrected chi connectivity index (χ2v) is 5.75. The molecule has 0 aliphatic heterocycles. The van der Waals surface area contributed by atoms with E-state index in [4.69, 9.17) is 16.3 Å². The molecule has 0 saturated carbocycles. The monoisotopic (exact) mass is 307 g/mol. The van der Waals surface area contributed by atoms with Crippen molar-refractivity contribution in [1.82, 2.24) is 15.0 Å². The van der Waals surface area contributed by atoms with Gasteiger partial charge in [-0.3, -0.25) is 4.68 Å². The van der Waals surface area contributed by atoms with Gasteiger partial charge in [-0.15, -0.1) is 5.10 Å². The average Bonchev–Trinajstić information content (AvgIpc) is 2.86. The minimum Gasteiger partial charge on any atom is -0.493 e. The van der Waals surface area contributed by atoms with E-state index in [1.807, 2.05) is 33.2 Å². The number of nitrogens with zero attached hydrogens (tertiary/aromatic N) is 3. The van der Waals surface area contributed by atoms with Gasteiger partial charge in [-0.25, -0.2) is 0 Å². The van der Waals surface area contributed by atoms with E-state index in [1.54, 1.807) is 4.68 Å². The molecule has 0 bridgehead atoms. The van der Waals surface area contributed by atoms with Crippen LogP contribution in [0.5, 0.6) is 5.75 Å². The first-order chi connectivity index (χ1) is 10.0. The lowest BCUT2D eigenvalue weighted by atomic mass is 9.98. The number of halogens is 1. The molecule has 0 atom stereocenters. The summed E-state index contributed by atoms with van der Waals surface area (Å²) in [4.78, 5) is 0. The molecule has 1 aromatic carbocycles. The number of benzene rings is 1. The van der Waals surface area contributed by atoms with Crippen molar-refractivity contribution in [1.29, 1.82) is 0 Å². The normalized spacial score (nSPS) is 10.9. The molecule has 4 nitrogen and oxygen atoms in total. The van der Waals surface area contributed by atoms with Crippen LogP contribution < -0.4 is 4.74 Å². The zero-order valence-corrected chi connectivity index (χ0v) is 13.9. The topological polar surface area (TPSA) is 39.9 Å². The molecule has 0 aliphatic carbocycles. The van der Waals surface area contributed by atoms with Crippen LogP contribution in [0.25, 0.3) is 0 Å². The molecule has 114 valence electrons. The third kappa shape index (κ3) is 3.76. The van der Waals surface area contributed by atoms with Gasteiger partial charge in [0.15, 0.2) is 0 Å². The summed E-state index contributed by atoms with van der Waals surface area (Å²) < 4.78 is 7.67. The van der Waals surface area contributed by atoms with Crippen molar-refractivity contribution in [2.75, 3.05) is 6.61 Å². The predicted molar refractivity (Wildman–Crippen MR) is 85.1 cm³/mol. The smallest absolute Gasteiger partial charge is 0.125 e. The van der Waals surface area contributed by atoms with Crippen LogP contribution in [0.15, 0.2) is 12.3 Å². The van der Waals surface area contributed by atoms with Crippen LogP contribution in [-0.2, 0) is 19.9 Å². The van der Waals surface area contributed by atoms with Crippen LogP contribution in [0.3, 0.4) is 0 Å². The molecule has 0 spiro atoms. The maximum absolute atomic E-state index is 6.32. The maximum Gasteiger partial charge on any atom is 0.125 e. The van der Waals surface area contributed by atoms with Crippen LogP contribution in [-0.4, -0.2) is 21.6 Å². The first-order valence-corrected chi connectivity index (χ1v) is 7.67. The highest BCUT2D eigenvalue weighted by Crippen LogP contribution is 2.33. The highest BCUT2D eigenvalue weighted by Gasteiger charge is 2.14. The molecule has 5 heteroatoms. The third-order valence-corrected chi connectivity index (χ3v) is 3.91. The summed E-state index contributed by atoms with van der Waals surface area (Å²) in [6.45, 7) is 6.92. The van der Waals surface area contributed by atoms with E-state index in [0.29, 0.717) is 0 Å². The lowest BCUT2D eigenvalue weighted by Crippen LogP contribution is -2.05. The van der Waals surface area contributed by atoms with Crippen LogP contribution in [0.1, 0.15) is 35.7 Å². The van der Waals surface area contributed by atoms with Crippen LogP contribution in [0.4, 0.5) is 0 Å². The van der Waals surface area contributed by atoms with Crippen molar-refractivity contribution in [3.05, 3.63) is 39.7 Å². The van der Waals surface area contributed by atoms with Crippen molar-refractivity contribution in [3.8, 4) is 5.75 Å². The van der Waals surface area contributed by atoms with E-state index in [0.717, 1.165) is 53.5 Å². The van der Waals surface area contributed by atoms with Crippen molar-refractivity contribution in [2.45, 2.75) is 40.0 Å². The number of aryl methyl sites for hydroxylation is 3. The molecule has 21 heavy (non-hydrogen) atoms. The SMILES string of the molecule is CCCOc1c(C)cc(Cl)c(C)c1CCc1cn(C)nn1. The minimum atomic E-state index is 0.722. The van der Waals surface area contributed by atoms with E-state index < -0.39 is 0 Å². The molecule has 2 aromatic rings. The van der Waals surface area contributed by atoms with Gasteiger partial charge in [0.25, 0.3) is 0 Å². The Morgan fingerprint density at radius 2 is 2.05 bits per heavy atom. The molecular weight excluding hydrogens is 286 g/mol. The summed E-state index contributed by atoms with van der Waals surface area (Å²) in [5.74, 6) is 0.975. The standard InChI is InChI=1S/C16H22ClN3O/c1-5-8-21-16-11(2)9-15(17)12(3)14(16)7-6-13-10-20(4)19-18-13/h9-10H,5-8H2,1-4H3. The highest BCUT2D eigenvalue weighted by atomic mass is 35.5. The molecule has 0 radical (unpaired) electrons. The Hall–Kier alpha value is -1.55. The molecule has 0 fully saturated rings. The fourth-order valence-corrected chi connectivity index (χ4v) is 2.66. The van der Waals surface area contributed by atoms with Crippen molar-refractivity contribution in [2.24, 2.45) is 7.05 Å². The zero-order chi connectivity index (χ0) is 15.4. The van der Waals surface area contributed by atoms with E-state index in [1.165, 1.54) is 5.56 Å². The maximum atomic E-state index is 6.32. The quantitative estimate of drug-likeness (QED) is 0.817. The fourth-order valence-electron chi connectivity index (χ4n) is 2.39. The number of hydrogen-bond donors (Lipinski definition) is 0. The summed E-state index contributed by atoms with van der Waals surface area (Å²) in [5, 5.41) is 8.90. The van der Waals surface area contributed by atoms with Crippen molar-refractivity contribution in [3.63, 3.8) is 0 Å². The zero-order valence-electron chi connectivity index (χ0n) is 13.1. The van der Waals surface area contributed by atoms with E-state index in [2.05, 4.69) is 17.2 Å². The average molecular weight is 308 g/mol. The van der Waals surface area contributed by atoms with E-state index in [9.17, 15) is 0 Å². The summed E-state index contributed by atoms with van der Waals surface area (Å²) in [7, 11) is 1.88. The Labute approximate surface area is 131 Å².